The number of carbonyl (C=O) groups is 2. The van der Waals surface area contributed by atoms with Crippen molar-refractivity contribution in [3.63, 3.8) is 0 Å². The van der Waals surface area contributed by atoms with Gasteiger partial charge in [0.25, 0.3) is 5.91 Å². The van der Waals surface area contributed by atoms with E-state index in [0.717, 1.165) is 24.9 Å². The van der Waals surface area contributed by atoms with Crippen molar-refractivity contribution in [3.8, 4) is 11.4 Å². The molecule has 0 saturated heterocycles. The van der Waals surface area contributed by atoms with Crippen molar-refractivity contribution in [2.45, 2.75) is 45.1 Å². The first-order chi connectivity index (χ1) is 14.1. The molecule has 0 spiro atoms. The minimum Gasteiger partial charge on any atom is -0.493 e. The minimum absolute atomic E-state index is 0.0309. The standard InChI is InChI=1S/C22H27N3O4/c1-16(21(26)23-14-13-17-9-5-3-6-10-17)29-22(27)20-19(28-2)15-25(24-20)18-11-7-4-8-12-18/h4,7-9,11-12,15-16H,3,5-6,10,13-14H2,1-2H3,(H,23,26)/t16-/m1/s1. The molecule has 1 amide bonds. The third kappa shape index (κ3) is 5.47. The van der Waals surface area contributed by atoms with Crippen LogP contribution in [0.2, 0.25) is 0 Å². The van der Waals surface area contributed by atoms with Gasteiger partial charge in [0, 0.05) is 6.54 Å². The molecular weight excluding hydrogens is 370 g/mol. The number of esters is 1. The SMILES string of the molecule is COc1cn(-c2ccccc2)nc1C(=O)O[C@H](C)C(=O)NCCC1=CCCCC1. The van der Waals surface area contributed by atoms with Crippen LogP contribution in [-0.4, -0.2) is 41.4 Å². The van der Waals surface area contributed by atoms with Crippen LogP contribution in [0.15, 0.2) is 48.2 Å². The number of para-hydroxylation sites is 1. The molecule has 1 N–H and O–H groups in total. The van der Waals surface area contributed by atoms with Gasteiger partial charge in [-0.05, 0) is 51.2 Å². The summed E-state index contributed by atoms with van der Waals surface area (Å²) in [6.45, 7) is 2.09. The Labute approximate surface area is 170 Å². The van der Waals surface area contributed by atoms with Gasteiger partial charge < -0.3 is 14.8 Å². The first kappa shape index (κ1) is 20.6. The largest absolute Gasteiger partial charge is 0.493 e. The molecule has 0 fully saturated rings. The van der Waals surface area contributed by atoms with E-state index in [9.17, 15) is 9.59 Å². The second-order valence-corrected chi connectivity index (χ2v) is 7.02. The normalized spacial score (nSPS) is 14.6. The smallest absolute Gasteiger partial charge is 0.363 e. The molecule has 1 aliphatic carbocycles. The Bertz CT molecular complexity index is 873. The molecule has 29 heavy (non-hydrogen) atoms. The third-order valence-corrected chi connectivity index (χ3v) is 4.90. The van der Waals surface area contributed by atoms with Crippen LogP contribution in [0.1, 0.15) is 49.5 Å². The Hall–Kier alpha value is -3.09. The third-order valence-electron chi connectivity index (χ3n) is 4.90. The van der Waals surface area contributed by atoms with Gasteiger partial charge in [-0.2, -0.15) is 5.10 Å². The Morgan fingerprint density at radius 3 is 2.72 bits per heavy atom. The van der Waals surface area contributed by atoms with Crippen molar-refractivity contribution in [1.29, 1.82) is 0 Å². The maximum absolute atomic E-state index is 12.5. The van der Waals surface area contributed by atoms with Gasteiger partial charge >= 0.3 is 5.97 Å². The van der Waals surface area contributed by atoms with Gasteiger partial charge in [0.15, 0.2) is 11.9 Å². The van der Waals surface area contributed by atoms with Crippen LogP contribution in [-0.2, 0) is 9.53 Å². The lowest BCUT2D eigenvalue weighted by atomic mass is 9.97. The van der Waals surface area contributed by atoms with E-state index in [0.29, 0.717) is 6.54 Å². The van der Waals surface area contributed by atoms with Crippen molar-refractivity contribution in [3.05, 3.63) is 53.9 Å². The van der Waals surface area contributed by atoms with Crippen molar-refractivity contribution < 1.29 is 19.1 Å². The maximum Gasteiger partial charge on any atom is 0.363 e. The first-order valence-corrected chi connectivity index (χ1v) is 9.94. The molecule has 1 heterocycles. The van der Waals surface area contributed by atoms with E-state index in [1.54, 1.807) is 13.1 Å². The number of hydrogen-bond acceptors (Lipinski definition) is 5. The summed E-state index contributed by atoms with van der Waals surface area (Å²) in [7, 11) is 1.46. The molecule has 7 nitrogen and oxygen atoms in total. The van der Waals surface area contributed by atoms with Crippen LogP contribution in [0, 0.1) is 0 Å². The molecule has 0 aliphatic heterocycles. The van der Waals surface area contributed by atoms with Crippen molar-refractivity contribution in [1.82, 2.24) is 15.1 Å². The van der Waals surface area contributed by atoms with E-state index >= 15 is 0 Å². The fraction of sp³-hybridized carbons (Fsp3) is 0.409. The Kier molecular flexibility index (Phi) is 7.05. The number of hydrogen-bond donors (Lipinski definition) is 1. The molecular formula is C22H27N3O4. The summed E-state index contributed by atoms with van der Waals surface area (Å²) < 4.78 is 12.1. The zero-order valence-electron chi connectivity index (χ0n) is 16.9. The highest BCUT2D eigenvalue weighted by molar-refractivity contribution is 5.92. The van der Waals surface area contributed by atoms with Crippen molar-refractivity contribution >= 4 is 11.9 Å². The predicted molar refractivity (Wildman–Crippen MR) is 109 cm³/mol. The zero-order chi connectivity index (χ0) is 20.6. The quantitative estimate of drug-likeness (QED) is 0.545. The van der Waals surface area contributed by atoms with Gasteiger partial charge in [-0.1, -0.05) is 29.8 Å². The van der Waals surface area contributed by atoms with Gasteiger partial charge in [0.2, 0.25) is 5.69 Å². The number of aromatic nitrogens is 2. The summed E-state index contributed by atoms with van der Waals surface area (Å²) >= 11 is 0. The average Bonchev–Trinajstić information content (AvgIpc) is 3.20. The molecule has 3 rings (SSSR count). The summed E-state index contributed by atoms with van der Waals surface area (Å²) in [4.78, 5) is 24.8. The molecule has 0 radical (unpaired) electrons. The zero-order valence-corrected chi connectivity index (χ0v) is 16.9. The lowest BCUT2D eigenvalue weighted by Crippen LogP contribution is -2.36. The summed E-state index contributed by atoms with van der Waals surface area (Å²) in [5, 5.41) is 7.10. The van der Waals surface area contributed by atoms with Crippen LogP contribution in [0.3, 0.4) is 0 Å². The fourth-order valence-electron chi connectivity index (χ4n) is 3.25. The molecule has 154 valence electrons. The monoisotopic (exact) mass is 397 g/mol. The Morgan fingerprint density at radius 2 is 2.03 bits per heavy atom. The summed E-state index contributed by atoms with van der Waals surface area (Å²) in [5.41, 5.74) is 2.20. The highest BCUT2D eigenvalue weighted by Gasteiger charge is 2.24. The molecule has 7 heteroatoms. The molecule has 1 aliphatic rings. The van der Waals surface area contributed by atoms with Crippen LogP contribution in [0.4, 0.5) is 0 Å². The molecule has 1 atom stereocenters. The van der Waals surface area contributed by atoms with Crippen LogP contribution in [0.5, 0.6) is 5.75 Å². The molecule has 2 aromatic rings. The highest BCUT2D eigenvalue weighted by atomic mass is 16.6. The number of methoxy groups -OCH3 is 1. The number of nitrogens with one attached hydrogen (secondary N) is 1. The molecule has 0 bridgehead atoms. The summed E-state index contributed by atoms with van der Waals surface area (Å²) in [5.74, 6) is -0.735. The highest BCUT2D eigenvalue weighted by Crippen LogP contribution is 2.21. The molecule has 0 unspecified atom stereocenters. The van der Waals surface area contributed by atoms with Gasteiger partial charge in [-0.25, -0.2) is 9.48 Å². The van der Waals surface area contributed by atoms with Crippen LogP contribution >= 0.6 is 0 Å². The fourth-order valence-corrected chi connectivity index (χ4v) is 3.25. The van der Waals surface area contributed by atoms with Gasteiger partial charge in [-0.3, -0.25) is 4.79 Å². The van der Waals surface area contributed by atoms with Crippen LogP contribution in [0.25, 0.3) is 5.69 Å². The van der Waals surface area contributed by atoms with E-state index in [1.165, 1.54) is 30.2 Å². The van der Waals surface area contributed by atoms with Crippen molar-refractivity contribution in [2.24, 2.45) is 0 Å². The number of ether oxygens (including phenoxy) is 2. The number of rotatable bonds is 8. The second-order valence-electron chi connectivity index (χ2n) is 7.02. The Balaban J connectivity index is 1.56. The molecule has 1 aromatic carbocycles. The van der Waals surface area contributed by atoms with Gasteiger partial charge in [-0.15, -0.1) is 0 Å². The number of nitrogens with zero attached hydrogens (tertiary/aromatic N) is 2. The van der Waals surface area contributed by atoms with E-state index in [-0.39, 0.29) is 17.4 Å². The predicted octanol–water partition coefficient (Wildman–Crippen LogP) is 3.43. The number of benzene rings is 1. The Morgan fingerprint density at radius 1 is 1.24 bits per heavy atom. The first-order valence-electron chi connectivity index (χ1n) is 9.94. The van der Waals surface area contributed by atoms with Crippen LogP contribution < -0.4 is 10.1 Å². The van der Waals surface area contributed by atoms with E-state index in [2.05, 4.69) is 16.5 Å². The lowest BCUT2D eigenvalue weighted by Gasteiger charge is -2.15. The minimum atomic E-state index is -0.922. The maximum atomic E-state index is 12.5. The van der Waals surface area contributed by atoms with E-state index in [1.807, 2.05) is 30.3 Å². The number of amides is 1. The summed E-state index contributed by atoms with van der Waals surface area (Å²) in [6, 6.07) is 9.36. The topological polar surface area (TPSA) is 82.5 Å². The average molecular weight is 397 g/mol. The van der Waals surface area contributed by atoms with Gasteiger partial charge in [0.1, 0.15) is 0 Å². The second kappa shape index (κ2) is 9.91. The van der Waals surface area contributed by atoms with E-state index < -0.39 is 12.1 Å². The number of carbonyl (C=O) groups excluding carboxylic acids is 2. The van der Waals surface area contributed by atoms with Crippen molar-refractivity contribution in [2.75, 3.05) is 13.7 Å². The number of allylic oxidation sites excluding steroid dienone is 1. The van der Waals surface area contributed by atoms with E-state index in [4.69, 9.17) is 9.47 Å². The lowest BCUT2D eigenvalue weighted by molar-refractivity contribution is -0.129. The summed E-state index contributed by atoms with van der Waals surface area (Å²) in [6.07, 6.45) is 8.45. The van der Waals surface area contributed by atoms with Gasteiger partial charge in [0.05, 0.1) is 19.0 Å². The molecule has 1 aromatic heterocycles. The molecule has 0 saturated carbocycles.